The van der Waals surface area contributed by atoms with Crippen molar-refractivity contribution in [2.45, 2.75) is 32.6 Å². The third-order valence-electron chi connectivity index (χ3n) is 5.60. The molecule has 2 aliphatic rings. The Morgan fingerprint density at radius 3 is 2.50 bits per heavy atom. The summed E-state index contributed by atoms with van der Waals surface area (Å²) in [5.74, 6) is 0.115. The standard InChI is InChI=1S/C20H28N4O4/c1-2-6-19(25)23-10-5-7-16(15-23)20(26)22-13-11-21(12-14-22)17-8-3-4-9-18(17)24(27)28/h3-4,8-9,16H,2,5-7,10-15H2,1H3. The highest BCUT2D eigenvalue weighted by atomic mass is 16.6. The molecular formula is C20H28N4O4. The largest absolute Gasteiger partial charge is 0.362 e. The van der Waals surface area contributed by atoms with Crippen LogP contribution in [-0.4, -0.2) is 65.8 Å². The van der Waals surface area contributed by atoms with Crippen LogP contribution in [0.2, 0.25) is 0 Å². The van der Waals surface area contributed by atoms with Gasteiger partial charge in [-0.05, 0) is 25.3 Å². The Labute approximate surface area is 165 Å². The van der Waals surface area contributed by atoms with Crippen LogP contribution >= 0.6 is 0 Å². The highest BCUT2D eigenvalue weighted by molar-refractivity contribution is 5.81. The first-order chi connectivity index (χ1) is 13.5. The number of carbonyl (C=O) groups is 2. The Morgan fingerprint density at radius 2 is 1.82 bits per heavy atom. The van der Waals surface area contributed by atoms with Gasteiger partial charge in [0.15, 0.2) is 0 Å². The molecule has 0 aliphatic carbocycles. The fourth-order valence-corrected chi connectivity index (χ4v) is 4.09. The van der Waals surface area contributed by atoms with Gasteiger partial charge >= 0.3 is 0 Å². The highest BCUT2D eigenvalue weighted by Crippen LogP contribution is 2.29. The van der Waals surface area contributed by atoms with E-state index in [1.807, 2.05) is 21.6 Å². The summed E-state index contributed by atoms with van der Waals surface area (Å²) >= 11 is 0. The number of nitro benzene ring substituents is 1. The van der Waals surface area contributed by atoms with Crippen molar-refractivity contribution in [1.29, 1.82) is 0 Å². The molecule has 2 saturated heterocycles. The minimum atomic E-state index is -0.364. The molecule has 0 N–H and O–H groups in total. The van der Waals surface area contributed by atoms with Crippen molar-refractivity contribution in [1.82, 2.24) is 9.80 Å². The van der Waals surface area contributed by atoms with Gasteiger partial charge in [0, 0.05) is 51.8 Å². The number of piperazine rings is 1. The number of likely N-dealkylation sites (tertiary alicyclic amines) is 1. The summed E-state index contributed by atoms with van der Waals surface area (Å²) in [4.78, 5) is 41.7. The molecular weight excluding hydrogens is 360 g/mol. The van der Waals surface area contributed by atoms with Gasteiger partial charge in [-0.15, -0.1) is 0 Å². The molecule has 152 valence electrons. The number of amides is 2. The fraction of sp³-hybridized carbons (Fsp3) is 0.600. The molecule has 0 radical (unpaired) electrons. The number of hydrogen-bond donors (Lipinski definition) is 0. The lowest BCUT2D eigenvalue weighted by Gasteiger charge is -2.39. The fourth-order valence-electron chi connectivity index (χ4n) is 4.09. The highest BCUT2D eigenvalue weighted by Gasteiger charge is 2.33. The predicted octanol–water partition coefficient (Wildman–Crippen LogP) is 2.28. The first-order valence-electron chi connectivity index (χ1n) is 10.1. The zero-order valence-corrected chi connectivity index (χ0v) is 16.4. The van der Waals surface area contributed by atoms with Crippen molar-refractivity contribution >= 4 is 23.2 Å². The quantitative estimate of drug-likeness (QED) is 0.570. The van der Waals surface area contributed by atoms with Gasteiger partial charge in [-0.3, -0.25) is 19.7 Å². The van der Waals surface area contributed by atoms with E-state index in [1.54, 1.807) is 18.2 Å². The minimum Gasteiger partial charge on any atom is -0.362 e. The van der Waals surface area contributed by atoms with Crippen LogP contribution in [-0.2, 0) is 9.59 Å². The summed E-state index contributed by atoms with van der Waals surface area (Å²) in [6.45, 7) is 5.48. The summed E-state index contributed by atoms with van der Waals surface area (Å²) in [6.07, 6.45) is 3.04. The second-order valence-electron chi connectivity index (χ2n) is 7.49. The van der Waals surface area contributed by atoms with E-state index in [-0.39, 0.29) is 28.3 Å². The lowest BCUT2D eigenvalue weighted by molar-refractivity contribution is -0.384. The van der Waals surface area contributed by atoms with Crippen molar-refractivity contribution < 1.29 is 14.5 Å². The SMILES string of the molecule is CCCC(=O)N1CCCC(C(=O)N2CCN(c3ccccc3[N+](=O)[O-])CC2)C1. The van der Waals surface area contributed by atoms with E-state index in [1.165, 1.54) is 6.07 Å². The molecule has 8 heteroatoms. The summed E-state index contributed by atoms with van der Waals surface area (Å²) in [5, 5.41) is 11.3. The number of hydrogen-bond acceptors (Lipinski definition) is 5. The second-order valence-corrected chi connectivity index (χ2v) is 7.49. The van der Waals surface area contributed by atoms with Crippen molar-refractivity contribution in [2.75, 3.05) is 44.2 Å². The average molecular weight is 388 g/mol. The van der Waals surface area contributed by atoms with Crippen LogP contribution in [0.3, 0.4) is 0 Å². The summed E-state index contributed by atoms with van der Waals surface area (Å²) < 4.78 is 0. The third-order valence-corrected chi connectivity index (χ3v) is 5.60. The Hall–Kier alpha value is -2.64. The Balaban J connectivity index is 1.58. The van der Waals surface area contributed by atoms with E-state index in [9.17, 15) is 19.7 Å². The molecule has 0 spiro atoms. The first-order valence-corrected chi connectivity index (χ1v) is 10.1. The van der Waals surface area contributed by atoms with Crippen LogP contribution in [0.25, 0.3) is 0 Å². The minimum absolute atomic E-state index is 0.0969. The van der Waals surface area contributed by atoms with Crippen LogP contribution in [0.15, 0.2) is 24.3 Å². The zero-order valence-electron chi connectivity index (χ0n) is 16.4. The van der Waals surface area contributed by atoms with Crippen LogP contribution in [0, 0.1) is 16.0 Å². The lowest BCUT2D eigenvalue weighted by atomic mass is 9.95. The molecule has 1 aromatic carbocycles. The molecule has 0 bridgehead atoms. The van der Waals surface area contributed by atoms with Gasteiger partial charge in [0.25, 0.3) is 5.69 Å². The van der Waals surface area contributed by atoms with Crippen molar-refractivity contribution in [3.8, 4) is 0 Å². The van der Waals surface area contributed by atoms with Gasteiger partial charge in [-0.25, -0.2) is 0 Å². The van der Waals surface area contributed by atoms with Crippen LogP contribution in [0.5, 0.6) is 0 Å². The molecule has 1 aromatic rings. The second kappa shape index (κ2) is 9.03. The van der Waals surface area contributed by atoms with Gasteiger partial charge in [-0.1, -0.05) is 19.1 Å². The van der Waals surface area contributed by atoms with E-state index in [2.05, 4.69) is 0 Å². The van der Waals surface area contributed by atoms with Gasteiger partial charge in [-0.2, -0.15) is 0 Å². The zero-order chi connectivity index (χ0) is 20.1. The number of para-hydroxylation sites is 2. The maximum Gasteiger partial charge on any atom is 0.292 e. The summed E-state index contributed by atoms with van der Waals surface area (Å²) in [6, 6.07) is 6.73. The van der Waals surface area contributed by atoms with E-state index in [4.69, 9.17) is 0 Å². The average Bonchev–Trinajstić information content (AvgIpc) is 2.73. The van der Waals surface area contributed by atoms with Crippen molar-refractivity contribution in [2.24, 2.45) is 5.92 Å². The van der Waals surface area contributed by atoms with Crippen LogP contribution in [0.4, 0.5) is 11.4 Å². The molecule has 0 aromatic heterocycles. The monoisotopic (exact) mass is 388 g/mol. The van der Waals surface area contributed by atoms with E-state index in [0.717, 1.165) is 25.8 Å². The normalized spacial score (nSPS) is 20.2. The Kier molecular flexibility index (Phi) is 6.49. The first kappa shape index (κ1) is 20.1. The van der Waals surface area contributed by atoms with Gasteiger partial charge in [0.05, 0.1) is 10.8 Å². The molecule has 8 nitrogen and oxygen atoms in total. The molecule has 2 fully saturated rings. The topological polar surface area (TPSA) is 87.0 Å². The predicted molar refractivity (Wildman–Crippen MR) is 106 cm³/mol. The number of nitrogens with zero attached hydrogens (tertiary/aromatic N) is 4. The van der Waals surface area contributed by atoms with Crippen molar-refractivity contribution in [3.63, 3.8) is 0 Å². The molecule has 2 heterocycles. The number of rotatable bonds is 5. The van der Waals surface area contributed by atoms with Gasteiger partial charge in [0.2, 0.25) is 11.8 Å². The number of piperidine rings is 1. The summed E-state index contributed by atoms with van der Waals surface area (Å²) in [5.41, 5.74) is 0.702. The molecule has 3 rings (SSSR count). The van der Waals surface area contributed by atoms with Crippen molar-refractivity contribution in [3.05, 3.63) is 34.4 Å². The number of nitro groups is 1. The molecule has 1 unspecified atom stereocenters. The summed E-state index contributed by atoms with van der Waals surface area (Å²) in [7, 11) is 0. The molecule has 1 atom stereocenters. The number of anilines is 1. The molecule has 0 saturated carbocycles. The van der Waals surface area contributed by atoms with E-state index in [0.29, 0.717) is 44.8 Å². The van der Waals surface area contributed by atoms with E-state index < -0.39 is 0 Å². The van der Waals surface area contributed by atoms with E-state index >= 15 is 0 Å². The van der Waals surface area contributed by atoms with Gasteiger partial charge in [0.1, 0.15) is 5.69 Å². The lowest BCUT2D eigenvalue weighted by Crippen LogP contribution is -2.53. The van der Waals surface area contributed by atoms with Crippen LogP contribution < -0.4 is 4.90 Å². The molecule has 28 heavy (non-hydrogen) atoms. The van der Waals surface area contributed by atoms with Crippen LogP contribution in [0.1, 0.15) is 32.6 Å². The maximum atomic E-state index is 13.0. The Morgan fingerprint density at radius 1 is 1.11 bits per heavy atom. The number of carbonyl (C=O) groups excluding carboxylic acids is 2. The maximum absolute atomic E-state index is 13.0. The Bertz CT molecular complexity index is 731. The third kappa shape index (κ3) is 4.43. The molecule has 2 aliphatic heterocycles. The number of benzene rings is 1. The smallest absolute Gasteiger partial charge is 0.292 e. The van der Waals surface area contributed by atoms with Gasteiger partial charge < -0.3 is 14.7 Å². The molecule has 2 amide bonds.